The Morgan fingerprint density at radius 1 is 1.03 bits per heavy atom. The summed E-state index contributed by atoms with van der Waals surface area (Å²) in [5.41, 5.74) is 2.57. The van der Waals surface area contributed by atoms with Crippen molar-refractivity contribution in [2.45, 2.75) is 20.4 Å². The lowest BCUT2D eigenvalue weighted by Gasteiger charge is -2.24. The molecule has 0 saturated carbocycles. The van der Waals surface area contributed by atoms with Crippen LogP contribution in [0, 0.1) is 13.8 Å². The van der Waals surface area contributed by atoms with E-state index in [-0.39, 0.29) is 17.8 Å². The summed E-state index contributed by atoms with van der Waals surface area (Å²) in [5, 5.41) is 5.39. The summed E-state index contributed by atoms with van der Waals surface area (Å²) in [6.07, 6.45) is 2.57. The molecule has 0 unspecified atom stereocenters. The zero-order valence-corrected chi connectivity index (χ0v) is 18.9. The Balaban J connectivity index is 1.77. The van der Waals surface area contributed by atoms with Crippen molar-refractivity contribution < 1.29 is 22.4 Å². The molecule has 2 N–H and O–H groups in total. The number of hydrogen-bond acceptors (Lipinski definition) is 5. The number of aryl methyl sites for hydroxylation is 2. The fraction of sp³-hybridized carbons (Fsp3) is 0.217. The van der Waals surface area contributed by atoms with E-state index in [2.05, 4.69) is 10.6 Å². The third-order valence-electron chi connectivity index (χ3n) is 4.77. The van der Waals surface area contributed by atoms with Crippen molar-refractivity contribution in [1.82, 2.24) is 5.32 Å². The molecule has 0 atom stereocenters. The van der Waals surface area contributed by atoms with E-state index in [1.54, 1.807) is 55.5 Å². The Morgan fingerprint density at radius 2 is 1.78 bits per heavy atom. The van der Waals surface area contributed by atoms with Crippen LogP contribution >= 0.6 is 0 Å². The molecule has 1 aromatic heterocycles. The van der Waals surface area contributed by atoms with Gasteiger partial charge in [-0.2, -0.15) is 0 Å². The summed E-state index contributed by atoms with van der Waals surface area (Å²) in [6.45, 7) is 3.40. The average molecular weight is 456 g/mol. The number of benzene rings is 2. The highest BCUT2D eigenvalue weighted by Gasteiger charge is 2.23. The minimum atomic E-state index is -3.72. The van der Waals surface area contributed by atoms with Gasteiger partial charge in [-0.3, -0.25) is 13.9 Å². The van der Waals surface area contributed by atoms with Crippen molar-refractivity contribution >= 4 is 33.2 Å². The van der Waals surface area contributed by atoms with Crippen LogP contribution < -0.4 is 14.9 Å². The molecule has 3 aromatic rings. The molecule has 2 aromatic carbocycles. The van der Waals surface area contributed by atoms with Crippen LogP contribution in [-0.2, 0) is 21.4 Å². The Kier molecular flexibility index (Phi) is 6.99. The van der Waals surface area contributed by atoms with Gasteiger partial charge < -0.3 is 15.1 Å². The second kappa shape index (κ2) is 9.69. The summed E-state index contributed by atoms with van der Waals surface area (Å²) in [7, 11) is -3.72. The molecule has 0 aliphatic rings. The number of carbonyl (C=O) groups excluding carboxylic acids is 2. The number of amides is 2. The summed E-state index contributed by atoms with van der Waals surface area (Å²) in [6, 6.07) is 15.4. The minimum absolute atomic E-state index is 0.197. The highest BCUT2D eigenvalue weighted by atomic mass is 32.2. The van der Waals surface area contributed by atoms with Gasteiger partial charge in [-0.05, 0) is 55.3 Å². The Hall–Kier alpha value is -3.59. The monoisotopic (exact) mass is 455 g/mol. The molecular formula is C23H25N3O5S. The molecule has 0 fully saturated rings. The lowest BCUT2D eigenvalue weighted by Crippen LogP contribution is -2.38. The Bertz CT molecular complexity index is 1220. The Labute approximate surface area is 187 Å². The van der Waals surface area contributed by atoms with Gasteiger partial charge in [0.2, 0.25) is 15.9 Å². The first-order valence-corrected chi connectivity index (χ1v) is 11.7. The normalized spacial score (nSPS) is 11.1. The van der Waals surface area contributed by atoms with E-state index in [0.717, 1.165) is 21.7 Å². The molecule has 2 amide bonds. The molecule has 0 aliphatic heterocycles. The molecule has 0 radical (unpaired) electrons. The number of carbonyl (C=O) groups is 2. The molecule has 1 heterocycles. The molecule has 0 aliphatic carbocycles. The van der Waals surface area contributed by atoms with Crippen LogP contribution in [0.25, 0.3) is 0 Å². The third kappa shape index (κ3) is 5.76. The van der Waals surface area contributed by atoms with E-state index in [9.17, 15) is 18.0 Å². The van der Waals surface area contributed by atoms with E-state index in [4.69, 9.17) is 4.42 Å². The predicted molar refractivity (Wildman–Crippen MR) is 123 cm³/mol. The van der Waals surface area contributed by atoms with Gasteiger partial charge in [-0.15, -0.1) is 0 Å². The SMILES string of the molecule is Cc1ccc(C)c(N(CC(=O)Nc2ccccc2C(=O)NCc2ccco2)S(C)(=O)=O)c1. The number of sulfonamides is 1. The van der Waals surface area contributed by atoms with E-state index >= 15 is 0 Å². The smallest absolute Gasteiger partial charge is 0.253 e. The summed E-state index contributed by atoms with van der Waals surface area (Å²) in [4.78, 5) is 25.4. The number of nitrogens with one attached hydrogen (secondary N) is 2. The standard InChI is InChI=1S/C23H25N3O5S/c1-16-10-11-17(2)21(13-16)26(32(3,29)30)15-22(27)25-20-9-5-4-8-19(20)23(28)24-14-18-7-6-12-31-18/h4-13H,14-15H2,1-3H3,(H,24,28)(H,25,27). The first-order valence-electron chi connectivity index (χ1n) is 9.89. The average Bonchev–Trinajstić information content (AvgIpc) is 3.25. The van der Waals surface area contributed by atoms with Gasteiger partial charge in [-0.25, -0.2) is 8.42 Å². The van der Waals surface area contributed by atoms with E-state index in [1.807, 2.05) is 13.0 Å². The van der Waals surface area contributed by atoms with Crippen molar-refractivity contribution in [2.24, 2.45) is 0 Å². The van der Waals surface area contributed by atoms with Crippen LogP contribution in [0.4, 0.5) is 11.4 Å². The van der Waals surface area contributed by atoms with Crippen LogP contribution in [0.15, 0.2) is 65.3 Å². The maximum absolute atomic E-state index is 12.8. The van der Waals surface area contributed by atoms with Crippen molar-refractivity contribution in [3.63, 3.8) is 0 Å². The maximum Gasteiger partial charge on any atom is 0.253 e. The van der Waals surface area contributed by atoms with Crippen molar-refractivity contribution in [2.75, 3.05) is 22.4 Å². The van der Waals surface area contributed by atoms with E-state index < -0.39 is 28.4 Å². The molecule has 168 valence electrons. The zero-order valence-electron chi connectivity index (χ0n) is 18.1. The molecule has 0 bridgehead atoms. The highest BCUT2D eigenvalue weighted by Crippen LogP contribution is 2.24. The van der Waals surface area contributed by atoms with Crippen LogP contribution in [0.5, 0.6) is 0 Å². The van der Waals surface area contributed by atoms with Crippen molar-refractivity contribution in [3.8, 4) is 0 Å². The predicted octanol–water partition coefficient (Wildman–Crippen LogP) is 3.23. The number of anilines is 2. The lowest BCUT2D eigenvalue weighted by molar-refractivity contribution is -0.114. The van der Waals surface area contributed by atoms with Crippen LogP contribution in [0.1, 0.15) is 27.2 Å². The topological polar surface area (TPSA) is 109 Å². The second-order valence-corrected chi connectivity index (χ2v) is 9.32. The molecule has 32 heavy (non-hydrogen) atoms. The summed E-state index contributed by atoms with van der Waals surface area (Å²) < 4.78 is 31.1. The number of furan rings is 1. The fourth-order valence-electron chi connectivity index (χ4n) is 3.16. The number of rotatable bonds is 8. The van der Waals surface area contributed by atoms with Gasteiger partial charge in [0.15, 0.2) is 0 Å². The molecule has 8 nitrogen and oxygen atoms in total. The molecule has 3 rings (SSSR count). The summed E-state index contributed by atoms with van der Waals surface area (Å²) in [5.74, 6) is -0.369. The summed E-state index contributed by atoms with van der Waals surface area (Å²) >= 11 is 0. The van der Waals surface area contributed by atoms with Gasteiger partial charge in [0.05, 0.1) is 36.0 Å². The van der Waals surface area contributed by atoms with E-state index in [0.29, 0.717) is 11.4 Å². The Morgan fingerprint density at radius 3 is 2.47 bits per heavy atom. The van der Waals surface area contributed by atoms with E-state index in [1.165, 1.54) is 6.26 Å². The van der Waals surface area contributed by atoms with Gasteiger partial charge in [0.25, 0.3) is 5.91 Å². The molecule has 0 spiro atoms. The largest absolute Gasteiger partial charge is 0.467 e. The maximum atomic E-state index is 12.8. The second-order valence-electron chi connectivity index (χ2n) is 7.42. The van der Waals surface area contributed by atoms with Crippen LogP contribution in [0.3, 0.4) is 0 Å². The van der Waals surface area contributed by atoms with Crippen LogP contribution in [-0.4, -0.2) is 33.0 Å². The first kappa shape index (κ1) is 23.1. The number of hydrogen-bond donors (Lipinski definition) is 2. The van der Waals surface area contributed by atoms with Gasteiger partial charge in [0, 0.05) is 0 Å². The van der Waals surface area contributed by atoms with Crippen molar-refractivity contribution in [1.29, 1.82) is 0 Å². The minimum Gasteiger partial charge on any atom is -0.467 e. The van der Waals surface area contributed by atoms with Crippen molar-refractivity contribution in [3.05, 3.63) is 83.3 Å². The van der Waals surface area contributed by atoms with Gasteiger partial charge >= 0.3 is 0 Å². The van der Waals surface area contributed by atoms with Gasteiger partial charge in [0.1, 0.15) is 12.3 Å². The molecule has 0 saturated heterocycles. The fourth-order valence-corrected chi connectivity index (χ4v) is 4.06. The lowest BCUT2D eigenvalue weighted by atomic mass is 10.1. The highest BCUT2D eigenvalue weighted by molar-refractivity contribution is 7.92. The third-order valence-corrected chi connectivity index (χ3v) is 5.90. The zero-order chi connectivity index (χ0) is 23.3. The molecular weight excluding hydrogens is 430 g/mol. The van der Waals surface area contributed by atoms with Gasteiger partial charge in [-0.1, -0.05) is 24.3 Å². The first-order chi connectivity index (χ1) is 15.1. The number of para-hydroxylation sites is 1. The molecule has 9 heteroatoms. The number of nitrogens with zero attached hydrogens (tertiary/aromatic N) is 1. The quantitative estimate of drug-likeness (QED) is 0.542. The van der Waals surface area contributed by atoms with Crippen LogP contribution in [0.2, 0.25) is 0 Å².